The van der Waals surface area contributed by atoms with Crippen LogP contribution >= 0.6 is 0 Å². The summed E-state index contributed by atoms with van der Waals surface area (Å²) in [6.07, 6.45) is 2.76. The highest BCUT2D eigenvalue weighted by atomic mass is 16.5. The van der Waals surface area contributed by atoms with Crippen molar-refractivity contribution in [2.24, 2.45) is 0 Å². The number of esters is 2. The fourth-order valence-electron chi connectivity index (χ4n) is 1.99. The van der Waals surface area contributed by atoms with E-state index in [1.54, 1.807) is 0 Å². The Kier molecular flexibility index (Phi) is 5.25. The molecular weight excluding hydrogens is 210 g/mol. The van der Waals surface area contributed by atoms with Gasteiger partial charge in [0.2, 0.25) is 0 Å². The van der Waals surface area contributed by atoms with E-state index in [4.69, 9.17) is 0 Å². The first-order valence-electron chi connectivity index (χ1n) is 5.55. The third-order valence-electron chi connectivity index (χ3n) is 2.92. The first kappa shape index (κ1) is 13.0. The summed E-state index contributed by atoms with van der Waals surface area (Å²) in [6.45, 7) is 1.89. The van der Waals surface area contributed by atoms with Gasteiger partial charge < -0.3 is 9.47 Å². The summed E-state index contributed by atoms with van der Waals surface area (Å²) in [4.78, 5) is 24.7. The number of methoxy groups -OCH3 is 2. The van der Waals surface area contributed by atoms with Gasteiger partial charge in [-0.15, -0.1) is 0 Å². The highest BCUT2D eigenvalue weighted by Gasteiger charge is 2.26. The van der Waals surface area contributed by atoms with Gasteiger partial charge in [-0.25, -0.2) is 0 Å². The summed E-state index contributed by atoms with van der Waals surface area (Å²) in [5, 5.41) is 0. The minimum atomic E-state index is -0.277. The van der Waals surface area contributed by atoms with Crippen LogP contribution in [0.5, 0.6) is 0 Å². The van der Waals surface area contributed by atoms with E-state index in [2.05, 4.69) is 14.4 Å². The summed E-state index contributed by atoms with van der Waals surface area (Å²) in [6, 6.07) is -0.0811. The quantitative estimate of drug-likeness (QED) is 0.645. The van der Waals surface area contributed by atoms with Crippen LogP contribution in [0.4, 0.5) is 0 Å². The summed E-state index contributed by atoms with van der Waals surface area (Å²) < 4.78 is 9.28. The standard InChI is InChI=1S/C11H19NO4/c1-15-10(13)7-9(8-11(14)16-2)12-5-3-4-6-12/h9H,3-8H2,1-2H3. The zero-order valence-electron chi connectivity index (χ0n) is 9.90. The van der Waals surface area contributed by atoms with Crippen molar-refractivity contribution in [3.8, 4) is 0 Å². The van der Waals surface area contributed by atoms with E-state index < -0.39 is 0 Å². The summed E-state index contributed by atoms with van der Waals surface area (Å²) in [7, 11) is 2.73. The molecule has 0 unspecified atom stereocenters. The van der Waals surface area contributed by atoms with Gasteiger partial charge in [0.15, 0.2) is 0 Å². The predicted octanol–water partition coefficient (Wildman–Crippen LogP) is 0.577. The molecule has 0 bridgehead atoms. The lowest BCUT2D eigenvalue weighted by molar-refractivity contribution is -0.144. The smallest absolute Gasteiger partial charge is 0.307 e. The van der Waals surface area contributed by atoms with Crippen LogP contribution in [0, 0.1) is 0 Å². The van der Waals surface area contributed by atoms with E-state index in [0.717, 1.165) is 25.9 Å². The van der Waals surface area contributed by atoms with Gasteiger partial charge in [0, 0.05) is 6.04 Å². The molecule has 1 rings (SSSR count). The molecule has 0 atom stereocenters. The molecule has 5 nitrogen and oxygen atoms in total. The van der Waals surface area contributed by atoms with Crippen LogP contribution in [-0.4, -0.2) is 50.2 Å². The van der Waals surface area contributed by atoms with Gasteiger partial charge in [-0.2, -0.15) is 0 Å². The van der Waals surface area contributed by atoms with Crippen LogP contribution in [0.3, 0.4) is 0 Å². The van der Waals surface area contributed by atoms with E-state index in [-0.39, 0.29) is 30.8 Å². The molecule has 0 saturated carbocycles. The molecule has 1 heterocycles. The number of likely N-dealkylation sites (tertiary alicyclic amines) is 1. The highest BCUT2D eigenvalue weighted by molar-refractivity contribution is 5.73. The number of hydrogen-bond donors (Lipinski definition) is 0. The molecule has 0 aromatic carbocycles. The minimum Gasteiger partial charge on any atom is -0.469 e. The van der Waals surface area contributed by atoms with E-state index in [0.29, 0.717) is 0 Å². The Balaban J connectivity index is 2.53. The number of carbonyl (C=O) groups is 2. The fraction of sp³-hybridized carbons (Fsp3) is 0.818. The molecule has 0 aliphatic carbocycles. The van der Waals surface area contributed by atoms with Gasteiger partial charge in [-0.3, -0.25) is 14.5 Å². The van der Waals surface area contributed by atoms with Gasteiger partial charge in [0.25, 0.3) is 0 Å². The van der Waals surface area contributed by atoms with Crippen LogP contribution in [0.1, 0.15) is 25.7 Å². The molecule has 0 radical (unpaired) electrons. The number of carbonyl (C=O) groups excluding carboxylic acids is 2. The Bertz CT molecular complexity index is 230. The van der Waals surface area contributed by atoms with Crippen molar-refractivity contribution in [2.45, 2.75) is 31.7 Å². The SMILES string of the molecule is COC(=O)CC(CC(=O)OC)N1CCCC1. The van der Waals surface area contributed by atoms with Crippen LogP contribution in [0.15, 0.2) is 0 Å². The van der Waals surface area contributed by atoms with Crippen LogP contribution in [-0.2, 0) is 19.1 Å². The minimum absolute atomic E-state index is 0.0811. The zero-order chi connectivity index (χ0) is 12.0. The predicted molar refractivity (Wildman–Crippen MR) is 57.9 cm³/mol. The molecule has 0 amide bonds. The second-order valence-corrected chi connectivity index (χ2v) is 3.96. The Hall–Kier alpha value is -1.10. The maximum atomic E-state index is 11.2. The summed E-state index contributed by atoms with van der Waals surface area (Å²) >= 11 is 0. The molecule has 1 saturated heterocycles. The van der Waals surface area contributed by atoms with Crippen molar-refractivity contribution < 1.29 is 19.1 Å². The third kappa shape index (κ3) is 3.81. The van der Waals surface area contributed by atoms with Gasteiger partial charge in [0.1, 0.15) is 0 Å². The maximum Gasteiger partial charge on any atom is 0.307 e. The number of rotatable bonds is 5. The Morgan fingerprint density at radius 3 is 1.88 bits per heavy atom. The average molecular weight is 229 g/mol. The molecule has 1 aliphatic heterocycles. The Morgan fingerprint density at radius 2 is 1.50 bits per heavy atom. The lowest BCUT2D eigenvalue weighted by atomic mass is 10.1. The van der Waals surface area contributed by atoms with E-state index in [9.17, 15) is 9.59 Å². The molecule has 0 aromatic rings. The van der Waals surface area contributed by atoms with E-state index in [1.807, 2.05) is 0 Å². The van der Waals surface area contributed by atoms with Crippen LogP contribution in [0.2, 0.25) is 0 Å². The summed E-state index contributed by atoms with van der Waals surface area (Å²) in [5.74, 6) is -0.554. The van der Waals surface area contributed by atoms with Crippen LogP contribution < -0.4 is 0 Å². The van der Waals surface area contributed by atoms with Gasteiger partial charge in [-0.1, -0.05) is 0 Å². The summed E-state index contributed by atoms with van der Waals surface area (Å²) in [5.41, 5.74) is 0. The van der Waals surface area contributed by atoms with E-state index >= 15 is 0 Å². The van der Waals surface area contributed by atoms with Crippen LogP contribution in [0.25, 0.3) is 0 Å². The molecule has 1 aliphatic rings. The number of ether oxygens (including phenoxy) is 2. The molecule has 5 heteroatoms. The molecule has 0 N–H and O–H groups in total. The van der Waals surface area contributed by atoms with Crippen molar-refractivity contribution in [1.29, 1.82) is 0 Å². The van der Waals surface area contributed by atoms with Crippen molar-refractivity contribution in [2.75, 3.05) is 27.3 Å². The second-order valence-electron chi connectivity index (χ2n) is 3.96. The Labute approximate surface area is 95.7 Å². The molecule has 92 valence electrons. The highest BCUT2D eigenvalue weighted by Crippen LogP contribution is 2.17. The third-order valence-corrected chi connectivity index (χ3v) is 2.92. The lowest BCUT2D eigenvalue weighted by Gasteiger charge is -2.25. The molecule has 1 fully saturated rings. The molecule has 0 aromatic heterocycles. The topological polar surface area (TPSA) is 55.8 Å². The maximum absolute atomic E-state index is 11.2. The second kappa shape index (κ2) is 6.48. The molecule has 16 heavy (non-hydrogen) atoms. The van der Waals surface area contributed by atoms with E-state index in [1.165, 1.54) is 14.2 Å². The van der Waals surface area contributed by atoms with Crippen molar-refractivity contribution in [1.82, 2.24) is 4.90 Å². The zero-order valence-corrected chi connectivity index (χ0v) is 9.90. The fourth-order valence-corrected chi connectivity index (χ4v) is 1.99. The molecular formula is C11H19NO4. The first-order chi connectivity index (χ1) is 7.67. The van der Waals surface area contributed by atoms with Crippen molar-refractivity contribution in [3.63, 3.8) is 0 Å². The van der Waals surface area contributed by atoms with Gasteiger partial charge >= 0.3 is 11.9 Å². The van der Waals surface area contributed by atoms with Crippen molar-refractivity contribution in [3.05, 3.63) is 0 Å². The van der Waals surface area contributed by atoms with Gasteiger partial charge in [0.05, 0.1) is 27.1 Å². The normalized spacial score (nSPS) is 16.4. The number of hydrogen-bond acceptors (Lipinski definition) is 5. The first-order valence-corrected chi connectivity index (χ1v) is 5.55. The largest absolute Gasteiger partial charge is 0.469 e. The average Bonchev–Trinajstić information content (AvgIpc) is 2.81. The lowest BCUT2D eigenvalue weighted by Crippen LogP contribution is -2.36. The Morgan fingerprint density at radius 1 is 1.06 bits per heavy atom. The van der Waals surface area contributed by atoms with Gasteiger partial charge in [-0.05, 0) is 25.9 Å². The monoisotopic (exact) mass is 229 g/mol. The molecule has 0 spiro atoms. The van der Waals surface area contributed by atoms with Crippen molar-refractivity contribution >= 4 is 11.9 Å². The number of nitrogens with zero attached hydrogens (tertiary/aromatic N) is 1.